The summed E-state index contributed by atoms with van der Waals surface area (Å²) in [5, 5.41) is 2.10. The van der Waals surface area contributed by atoms with Gasteiger partial charge in [-0.25, -0.2) is 0 Å². The lowest BCUT2D eigenvalue weighted by Crippen LogP contribution is -2.49. The number of hydrogen-bond acceptors (Lipinski definition) is 2. The van der Waals surface area contributed by atoms with Gasteiger partial charge in [0.05, 0.1) is 4.88 Å². The summed E-state index contributed by atoms with van der Waals surface area (Å²) in [6, 6.07) is 2.12. The number of ketones is 1. The first kappa shape index (κ1) is 18.4. The summed E-state index contributed by atoms with van der Waals surface area (Å²) in [5.74, 6) is 6.46. The molecule has 0 aromatic carbocycles. The molecule has 0 amide bonds. The molecule has 0 bridgehead atoms. The van der Waals surface area contributed by atoms with Crippen LogP contribution in [0.15, 0.2) is 11.4 Å². The van der Waals surface area contributed by atoms with Crippen molar-refractivity contribution in [1.82, 2.24) is 0 Å². The van der Waals surface area contributed by atoms with Crippen molar-refractivity contribution < 1.29 is 4.79 Å². The molecule has 8 atom stereocenters. The number of thiophene rings is 1. The standard InChI is InChI=1S/C25H36OS/c1-15-4-6-18-17(14-15)5-7-20-19(18)10-12-25(3)21(20)8-9-22(25)23(26)24-16(2)11-13-27-24/h11,13,15,17-22H,4-10,12,14H2,1-3H3. The van der Waals surface area contributed by atoms with E-state index in [1.165, 1.54) is 56.9 Å². The van der Waals surface area contributed by atoms with Gasteiger partial charge in [0, 0.05) is 5.92 Å². The van der Waals surface area contributed by atoms with Crippen molar-refractivity contribution in [2.24, 2.45) is 46.8 Å². The Morgan fingerprint density at radius 2 is 1.85 bits per heavy atom. The third kappa shape index (κ3) is 2.80. The molecule has 1 nitrogen and oxygen atoms in total. The minimum absolute atomic E-state index is 0.267. The van der Waals surface area contributed by atoms with E-state index >= 15 is 0 Å². The molecule has 148 valence electrons. The fourth-order valence-corrected chi connectivity index (χ4v) is 9.22. The molecule has 2 heteroatoms. The first-order valence-corrected chi connectivity index (χ1v) is 12.5. The largest absolute Gasteiger partial charge is 0.293 e. The van der Waals surface area contributed by atoms with Gasteiger partial charge in [-0.1, -0.05) is 20.3 Å². The average Bonchev–Trinajstić information content (AvgIpc) is 3.23. The second-order valence-corrected chi connectivity index (χ2v) is 11.7. The molecule has 27 heavy (non-hydrogen) atoms. The zero-order valence-electron chi connectivity index (χ0n) is 17.4. The van der Waals surface area contributed by atoms with Crippen LogP contribution in [0.5, 0.6) is 0 Å². The lowest BCUT2D eigenvalue weighted by molar-refractivity contribution is -0.0634. The Labute approximate surface area is 169 Å². The van der Waals surface area contributed by atoms with Gasteiger partial charge < -0.3 is 0 Å². The molecule has 5 rings (SSSR count). The smallest absolute Gasteiger partial charge is 0.176 e. The molecule has 0 radical (unpaired) electrons. The second kappa shape index (κ2) is 6.71. The van der Waals surface area contributed by atoms with Gasteiger partial charge in [0.25, 0.3) is 0 Å². The number of carbonyl (C=O) groups is 1. The number of rotatable bonds is 2. The first-order valence-electron chi connectivity index (χ1n) is 11.6. The summed E-state index contributed by atoms with van der Waals surface area (Å²) in [6.07, 6.45) is 12.5. The van der Waals surface area contributed by atoms with Gasteiger partial charge in [0.1, 0.15) is 0 Å². The molecule has 0 N–H and O–H groups in total. The molecule has 8 unspecified atom stereocenters. The maximum absolute atomic E-state index is 13.4. The van der Waals surface area contributed by atoms with Crippen molar-refractivity contribution in [3.05, 3.63) is 21.9 Å². The van der Waals surface area contributed by atoms with Crippen molar-refractivity contribution in [2.45, 2.75) is 78.6 Å². The molecule has 1 heterocycles. The highest BCUT2D eigenvalue weighted by Gasteiger charge is 2.58. The van der Waals surface area contributed by atoms with E-state index in [-0.39, 0.29) is 11.3 Å². The van der Waals surface area contributed by atoms with Crippen LogP contribution in [0.1, 0.15) is 86.9 Å². The molecule has 0 spiro atoms. The Morgan fingerprint density at radius 1 is 1.04 bits per heavy atom. The molecule has 0 aliphatic heterocycles. The minimum Gasteiger partial charge on any atom is -0.293 e. The highest BCUT2D eigenvalue weighted by molar-refractivity contribution is 7.12. The summed E-state index contributed by atoms with van der Waals surface area (Å²) < 4.78 is 0. The van der Waals surface area contributed by atoms with Gasteiger partial charge >= 0.3 is 0 Å². The van der Waals surface area contributed by atoms with Crippen LogP contribution in [0.3, 0.4) is 0 Å². The van der Waals surface area contributed by atoms with E-state index in [2.05, 4.69) is 32.2 Å². The van der Waals surface area contributed by atoms with Crippen LogP contribution >= 0.6 is 11.3 Å². The van der Waals surface area contributed by atoms with Crippen LogP contribution in [0.2, 0.25) is 0 Å². The third-order valence-corrected chi connectivity index (χ3v) is 10.7. The Hall–Kier alpha value is -0.630. The van der Waals surface area contributed by atoms with Crippen LogP contribution in [0.25, 0.3) is 0 Å². The topological polar surface area (TPSA) is 17.1 Å². The molecule has 1 aromatic rings. The first-order chi connectivity index (χ1) is 13.0. The number of aryl methyl sites for hydroxylation is 1. The van der Waals surface area contributed by atoms with Gasteiger partial charge in [-0.3, -0.25) is 4.79 Å². The highest BCUT2D eigenvalue weighted by Crippen LogP contribution is 2.64. The van der Waals surface area contributed by atoms with Crippen molar-refractivity contribution in [1.29, 1.82) is 0 Å². The molecular formula is C25H36OS. The van der Waals surface area contributed by atoms with Gasteiger partial charge in [-0.05, 0) is 116 Å². The number of hydrogen-bond donors (Lipinski definition) is 0. The molecule has 4 fully saturated rings. The lowest BCUT2D eigenvalue weighted by Gasteiger charge is -2.56. The normalized spacial score (nSPS) is 46.4. The fraction of sp³-hybridized carbons (Fsp3) is 0.800. The molecule has 0 saturated heterocycles. The monoisotopic (exact) mass is 384 g/mol. The van der Waals surface area contributed by atoms with Crippen molar-refractivity contribution in [3.8, 4) is 0 Å². The van der Waals surface area contributed by atoms with E-state index in [0.717, 1.165) is 46.8 Å². The molecule has 4 aliphatic rings. The quantitative estimate of drug-likeness (QED) is 0.495. The Morgan fingerprint density at radius 3 is 2.63 bits per heavy atom. The SMILES string of the molecule is Cc1ccsc1C(=O)C1CCC2C3CCC4CC(C)CCC4C3CCC12C. The summed E-state index contributed by atoms with van der Waals surface area (Å²) in [6.45, 7) is 7.09. The van der Waals surface area contributed by atoms with Gasteiger partial charge in [-0.15, -0.1) is 11.3 Å². The number of fused-ring (bicyclic) bond motifs is 5. The van der Waals surface area contributed by atoms with Crippen LogP contribution in [-0.4, -0.2) is 5.78 Å². The van der Waals surface area contributed by atoms with E-state index in [1.54, 1.807) is 11.3 Å². The van der Waals surface area contributed by atoms with Crippen LogP contribution in [0.4, 0.5) is 0 Å². The van der Waals surface area contributed by atoms with Gasteiger partial charge in [0.2, 0.25) is 0 Å². The molecule has 4 saturated carbocycles. The highest BCUT2D eigenvalue weighted by atomic mass is 32.1. The maximum atomic E-state index is 13.4. The zero-order chi connectivity index (χ0) is 18.8. The van der Waals surface area contributed by atoms with E-state index in [0.29, 0.717) is 5.78 Å². The summed E-state index contributed by atoms with van der Waals surface area (Å²) in [4.78, 5) is 14.5. The van der Waals surface area contributed by atoms with E-state index in [4.69, 9.17) is 0 Å². The maximum Gasteiger partial charge on any atom is 0.176 e. The second-order valence-electron chi connectivity index (χ2n) is 10.8. The molecular weight excluding hydrogens is 348 g/mol. The number of carbonyl (C=O) groups excluding carboxylic acids is 1. The van der Waals surface area contributed by atoms with Crippen LogP contribution < -0.4 is 0 Å². The zero-order valence-corrected chi connectivity index (χ0v) is 18.2. The molecule has 1 aromatic heterocycles. The van der Waals surface area contributed by atoms with Crippen molar-refractivity contribution in [2.75, 3.05) is 0 Å². The van der Waals surface area contributed by atoms with E-state index in [1.807, 2.05) is 0 Å². The summed E-state index contributed by atoms with van der Waals surface area (Å²) >= 11 is 1.67. The fourth-order valence-electron chi connectivity index (χ4n) is 8.30. The predicted molar refractivity (Wildman–Crippen MR) is 113 cm³/mol. The van der Waals surface area contributed by atoms with Crippen molar-refractivity contribution in [3.63, 3.8) is 0 Å². The molecule has 4 aliphatic carbocycles. The Bertz CT molecular complexity index is 720. The van der Waals surface area contributed by atoms with Crippen LogP contribution in [0, 0.1) is 53.8 Å². The van der Waals surface area contributed by atoms with Crippen molar-refractivity contribution >= 4 is 17.1 Å². The Kier molecular flexibility index (Phi) is 4.58. The van der Waals surface area contributed by atoms with E-state index in [9.17, 15) is 4.79 Å². The summed E-state index contributed by atoms with van der Waals surface area (Å²) in [7, 11) is 0. The average molecular weight is 385 g/mol. The minimum atomic E-state index is 0.267. The number of Topliss-reactive ketones (excluding diaryl/α,β-unsaturated/α-hetero) is 1. The van der Waals surface area contributed by atoms with Gasteiger partial charge in [-0.2, -0.15) is 0 Å². The Balaban J connectivity index is 1.38. The van der Waals surface area contributed by atoms with Crippen LogP contribution in [-0.2, 0) is 0 Å². The third-order valence-electron chi connectivity index (χ3n) is 9.62. The summed E-state index contributed by atoms with van der Waals surface area (Å²) in [5.41, 5.74) is 1.46. The van der Waals surface area contributed by atoms with Gasteiger partial charge in [0.15, 0.2) is 5.78 Å². The van der Waals surface area contributed by atoms with E-state index < -0.39 is 0 Å². The lowest BCUT2D eigenvalue weighted by atomic mass is 9.49. The predicted octanol–water partition coefficient (Wildman–Crippen LogP) is 7.14.